The van der Waals surface area contributed by atoms with E-state index in [9.17, 15) is 24.5 Å². The molecule has 0 spiro atoms. The number of carbonyl (C=O) groups excluding carboxylic acids is 3. The molecule has 2 rings (SSSR count). The van der Waals surface area contributed by atoms with Crippen LogP contribution in [-0.2, 0) is 14.4 Å². The number of para-hydroxylation sites is 2. The minimum atomic E-state index is -0.717. The Morgan fingerprint density at radius 1 is 0.903 bits per heavy atom. The van der Waals surface area contributed by atoms with Crippen molar-refractivity contribution in [3.63, 3.8) is 0 Å². The lowest BCUT2D eigenvalue weighted by Gasteiger charge is -2.09. The first-order valence-electron chi connectivity index (χ1n) is 9.35. The molecule has 0 heterocycles. The number of nitrogens with zero attached hydrogens (tertiary/aromatic N) is 1. The summed E-state index contributed by atoms with van der Waals surface area (Å²) >= 11 is 0. The minimum Gasteiger partial charge on any atom is -0.494 e. The molecule has 3 N–H and O–H groups in total. The zero-order valence-electron chi connectivity index (χ0n) is 16.8. The molecule has 0 aliphatic heterocycles. The van der Waals surface area contributed by atoms with E-state index in [-0.39, 0.29) is 30.2 Å². The molecule has 0 aromatic heterocycles. The molecular formula is C20H22N4O7. The van der Waals surface area contributed by atoms with Crippen LogP contribution in [-0.4, -0.2) is 35.9 Å². The van der Waals surface area contributed by atoms with E-state index in [1.54, 1.807) is 24.3 Å². The number of rotatable bonds is 10. The van der Waals surface area contributed by atoms with Crippen molar-refractivity contribution in [1.82, 2.24) is 10.9 Å². The van der Waals surface area contributed by atoms with Gasteiger partial charge in [-0.05, 0) is 37.3 Å². The molecule has 11 nitrogen and oxygen atoms in total. The number of hydrogen-bond donors (Lipinski definition) is 3. The molecule has 0 saturated heterocycles. The molecule has 2 aromatic carbocycles. The molecule has 31 heavy (non-hydrogen) atoms. The summed E-state index contributed by atoms with van der Waals surface area (Å²) in [5.41, 5.74) is 4.55. The number of nitro benzene ring substituents is 1. The molecule has 0 radical (unpaired) electrons. The highest BCUT2D eigenvalue weighted by molar-refractivity contribution is 5.93. The van der Waals surface area contributed by atoms with E-state index >= 15 is 0 Å². The van der Waals surface area contributed by atoms with Gasteiger partial charge in [-0.2, -0.15) is 0 Å². The van der Waals surface area contributed by atoms with Gasteiger partial charge in [-0.1, -0.05) is 12.1 Å². The van der Waals surface area contributed by atoms with Crippen LogP contribution in [0.2, 0.25) is 0 Å². The Morgan fingerprint density at radius 2 is 1.55 bits per heavy atom. The summed E-state index contributed by atoms with van der Waals surface area (Å²) in [6, 6.07) is 12.4. The van der Waals surface area contributed by atoms with E-state index in [4.69, 9.17) is 9.47 Å². The Bertz CT molecular complexity index is 931. The zero-order chi connectivity index (χ0) is 22.6. The molecule has 164 valence electrons. The second kappa shape index (κ2) is 11.8. The lowest BCUT2D eigenvalue weighted by atomic mass is 10.2. The van der Waals surface area contributed by atoms with Gasteiger partial charge in [-0.15, -0.1) is 0 Å². The average Bonchev–Trinajstić information content (AvgIpc) is 2.76. The van der Waals surface area contributed by atoms with Crippen LogP contribution in [0.15, 0.2) is 48.5 Å². The smallest absolute Gasteiger partial charge is 0.310 e. The van der Waals surface area contributed by atoms with Gasteiger partial charge in [0.15, 0.2) is 12.4 Å². The third-order valence-corrected chi connectivity index (χ3v) is 3.79. The van der Waals surface area contributed by atoms with Gasteiger partial charge >= 0.3 is 5.69 Å². The highest BCUT2D eigenvalue weighted by Crippen LogP contribution is 2.25. The van der Waals surface area contributed by atoms with E-state index < -0.39 is 23.3 Å². The monoisotopic (exact) mass is 430 g/mol. The van der Waals surface area contributed by atoms with Gasteiger partial charge in [-0.3, -0.25) is 35.3 Å². The highest BCUT2D eigenvalue weighted by Gasteiger charge is 2.15. The number of benzene rings is 2. The number of hydrogen-bond acceptors (Lipinski definition) is 7. The second-order valence-electron chi connectivity index (χ2n) is 6.12. The first kappa shape index (κ1) is 23.1. The molecule has 0 aliphatic rings. The summed E-state index contributed by atoms with van der Waals surface area (Å²) in [4.78, 5) is 45.7. The van der Waals surface area contributed by atoms with Gasteiger partial charge in [0.1, 0.15) is 5.75 Å². The Morgan fingerprint density at radius 3 is 2.23 bits per heavy atom. The summed E-state index contributed by atoms with van der Waals surface area (Å²) in [6.45, 7) is 1.87. The van der Waals surface area contributed by atoms with Crippen LogP contribution in [0.1, 0.15) is 19.8 Å². The minimum absolute atomic E-state index is 0.0695. The predicted octanol–water partition coefficient (Wildman–Crippen LogP) is 1.94. The van der Waals surface area contributed by atoms with Crippen LogP contribution < -0.4 is 25.6 Å². The topological polar surface area (TPSA) is 149 Å². The number of ether oxygens (including phenoxy) is 2. The predicted molar refractivity (Wildman–Crippen MR) is 110 cm³/mol. The number of carbonyl (C=O) groups is 3. The van der Waals surface area contributed by atoms with Crippen molar-refractivity contribution in [2.45, 2.75) is 19.8 Å². The number of nitrogens with one attached hydrogen (secondary N) is 3. The molecule has 0 atom stereocenters. The quantitative estimate of drug-likeness (QED) is 0.385. The van der Waals surface area contributed by atoms with Crippen LogP contribution in [0.25, 0.3) is 0 Å². The van der Waals surface area contributed by atoms with Crippen molar-refractivity contribution < 1.29 is 28.8 Å². The molecule has 0 aliphatic carbocycles. The standard InChI is InChI=1S/C20H22N4O7/c1-2-30-15-9-7-14(8-10-15)21-18(25)11-12-19(26)22-23-20(27)13-31-17-6-4-3-5-16(17)24(28)29/h3-10H,2,11-13H2,1H3,(H,21,25)(H,22,26)(H,23,27). The van der Waals surface area contributed by atoms with E-state index in [0.29, 0.717) is 18.0 Å². The molecule has 3 amide bonds. The Kier molecular flexibility index (Phi) is 8.77. The zero-order valence-corrected chi connectivity index (χ0v) is 16.8. The van der Waals surface area contributed by atoms with Gasteiger partial charge in [0.05, 0.1) is 11.5 Å². The van der Waals surface area contributed by atoms with Crippen molar-refractivity contribution in [1.29, 1.82) is 0 Å². The Balaban J connectivity index is 1.67. The van der Waals surface area contributed by atoms with Crippen molar-refractivity contribution in [2.75, 3.05) is 18.5 Å². The summed E-state index contributed by atoms with van der Waals surface area (Å²) in [6.07, 6.45) is -0.254. The van der Waals surface area contributed by atoms with Gasteiger partial charge < -0.3 is 14.8 Å². The van der Waals surface area contributed by atoms with Crippen LogP contribution >= 0.6 is 0 Å². The van der Waals surface area contributed by atoms with Gasteiger partial charge in [-0.25, -0.2) is 0 Å². The fourth-order valence-corrected chi connectivity index (χ4v) is 2.36. The summed E-state index contributed by atoms with van der Waals surface area (Å²) in [5, 5.41) is 13.5. The first-order chi connectivity index (χ1) is 14.9. The maximum atomic E-state index is 11.9. The first-order valence-corrected chi connectivity index (χ1v) is 9.35. The second-order valence-corrected chi connectivity index (χ2v) is 6.12. The number of hydrazine groups is 1. The van der Waals surface area contributed by atoms with Crippen LogP contribution in [0.4, 0.5) is 11.4 Å². The molecule has 0 saturated carbocycles. The fraction of sp³-hybridized carbons (Fsp3) is 0.250. The van der Waals surface area contributed by atoms with E-state index in [2.05, 4.69) is 16.2 Å². The van der Waals surface area contributed by atoms with E-state index in [0.717, 1.165) is 0 Å². The lowest BCUT2D eigenvalue weighted by Crippen LogP contribution is -2.44. The maximum absolute atomic E-state index is 11.9. The van der Waals surface area contributed by atoms with Gasteiger partial charge in [0.25, 0.3) is 5.91 Å². The third kappa shape index (κ3) is 8.01. The summed E-state index contributed by atoms with van der Waals surface area (Å²) < 4.78 is 10.4. The summed E-state index contributed by atoms with van der Waals surface area (Å²) in [7, 11) is 0. The number of anilines is 1. The van der Waals surface area contributed by atoms with Crippen LogP contribution in [0, 0.1) is 10.1 Å². The largest absolute Gasteiger partial charge is 0.494 e. The average molecular weight is 430 g/mol. The van der Waals surface area contributed by atoms with E-state index in [1.165, 1.54) is 24.3 Å². The normalized spacial score (nSPS) is 9.97. The number of amides is 3. The van der Waals surface area contributed by atoms with Gasteiger partial charge in [0.2, 0.25) is 11.8 Å². The maximum Gasteiger partial charge on any atom is 0.310 e. The molecule has 0 unspecified atom stereocenters. The Labute approximate surface area is 177 Å². The molecule has 0 bridgehead atoms. The molecule has 11 heteroatoms. The van der Waals surface area contributed by atoms with Gasteiger partial charge in [0, 0.05) is 24.6 Å². The van der Waals surface area contributed by atoms with Crippen molar-refractivity contribution >= 4 is 29.1 Å². The molecular weight excluding hydrogens is 408 g/mol. The SMILES string of the molecule is CCOc1ccc(NC(=O)CCC(=O)NNC(=O)COc2ccccc2[N+](=O)[O-])cc1. The lowest BCUT2D eigenvalue weighted by molar-refractivity contribution is -0.385. The molecule has 0 fully saturated rings. The van der Waals surface area contributed by atoms with Crippen molar-refractivity contribution in [3.8, 4) is 11.5 Å². The Hall–Kier alpha value is -4.15. The third-order valence-electron chi connectivity index (χ3n) is 3.79. The van der Waals surface area contributed by atoms with Crippen molar-refractivity contribution in [3.05, 3.63) is 58.6 Å². The molecule has 2 aromatic rings. The summed E-state index contributed by atoms with van der Waals surface area (Å²) in [5.74, 6) is -1.06. The van der Waals surface area contributed by atoms with Crippen LogP contribution in [0.3, 0.4) is 0 Å². The van der Waals surface area contributed by atoms with E-state index in [1.807, 2.05) is 6.92 Å². The van der Waals surface area contributed by atoms with Crippen LogP contribution in [0.5, 0.6) is 11.5 Å². The highest BCUT2D eigenvalue weighted by atomic mass is 16.6. The fourth-order valence-electron chi connectivity index (χ4n) is 2.36. The number of nitro groups is 1. The van der Waals surface area contributed by atoms with Crippen molar-refractivity contribution in [2.24, 2.45) is 0 Å².